The summed E-state index contributed by atoms with van der Waals surface area (Å²) in [5.41, 5.74) is 2.74. The lowest BCUT2D eigenvalue weighted by Gasteiger charge is -2.36. The second-order valence-electron chi connectivity index (χ2n) is 7.86. The first-order valence-electron chi connectivity index (χ1n) is 9.29. The first-order chi connectivity index (χ1) is 12.9. The van der Waals surface area contributed by atoms with E-state index in [-0.39, 0.29) is 43.2 Å². The number of allylic oxidation sites excluding steroid dienone is 2. The topological polar surface area (TPSA) is 103 Å². The molecule has 138 valence electrons. The van der Waals surface area contributed by atoms with Crippen LogP contribution in [0.5, 0.6) is 0 Å². The molecule has 0 radical (unpaired) electrons. The third kappa shape index (κ3) is 2.56. The molecule has 1 saturated heterocycles. The predicted molar refractivity (Wildman–Crippen MR) is 95.8 cm³/mol. The minimum Gasteiger partial charge on any atom is -0.461 e. The summed E-state index contributed by atoms with van der Waals surface area (Å²) in [6.07, 6.45) is 4.49. The van der Waals surface area contributed by atoms with Crippen LogP contribution in [-0.4, -0.2) is 30.4 Å². The van der Waals surface area contributed by atoms with Gasteiger partial charge in [0.15, 0.2) is 11.2 Å². The molecule has 2 bridgehead atoms. The zero-order valence-electron chi connectivity index (χ0n) is 15.5. The van der Waals surface area contributed by atoms with Crippen LogP contribution in [0, 0.1) is 34.0 Å². The lowest BCUT2D eigenvalue weighted by molar-refractivity contribution is -0.140. The van der Waals surface area contributed by atoms with Gasteiger partial charge in [0.1, 0.15) is 6.61 Å². The van der Waals surface area contributed by atoms with E-state index in [1.165, 1.54) is 6.92 Å². The SMILES string of the molecule is CC(=O)OCC1=C2CC(C#N)(C#N)C3=C[C@H]4CC[C@H](N4)C3C(C)=C2CC1=O. The maximum absolute atomic E-state index is 12.6. The number of hydrogen-bond donors (Lipinski definition) is 1. The van der Waals surface area contributed by atoms with E-state index in [2.05, 4.69) is 23.5 Å². The Morgan fingerprint density at radius 3 is 2.74 bits per heavy atom. The highest BCUT2D eigenvalue weighted by atomic mass is 16.5. The Kier molecular flexibility index (Phi) is 4.05. The number of carbonyl (C=O) groups excluding carboxylic acids is 2. The molecule has 27 heavy (non-hydrogen) atoms. The molecule has 2 aliphatic carbocycles. The lowest BCUT2D eigenvalue weighted by Crippen LogP contribution is -2.43. The molecule has 6 nitrogen and oxygen atoms in total. The summed E-state index contributed by atoms with van der Waals surface area (Å²) in [6.45, 7) is 3.22. The number of hydrogen-bond acceptors (Lipinski definition) is 6. The van der Waals surface area contributed by atoms with Gasteiger partial charge in [-0.05, 0) is 36.5 Å². The number of fused-ring (bicyclic) bond motifs is 5. The van der Waals surface area contributed by atoms with Gasteiger partial charge < -0.3 is 10.1 Å². The number of Topliss-reactive ketones (excluding diaryl/α,β-unsaturated/α-hetero) is 1. The van der Waals surface area contributed by atoms with Gasteiger partial charge in [0, 0.05) is 43.3 Å². The van der Waals surface area contributed by atoms with Crippen molar-refractivity contribution in [3.63, 3.8) is 0 Å². The number of rotatable bonds is 2. The van der Waals surface area contributed by atoms with Gasteiger partial charge in [-0.15, -0.1) is 0 Å². The van der Waals surface area contributed by atoms with Crippen molar-refractivity contribution in [2.45, 2.75) is 51.6 Å². The zero-order chi connectivity index (χ0) is 19.3. The van der Waals surface area contributed by atoms with Gasteiger partial charge in [0.25, 0.3) is 0 Å². The Morgan fingerprint density at radius 2 is 2.07 bits per heavy atom. The van der Waals surface area contributed by atoms with Gasteiger partial charge in [-0.25, -0.2) is 0 Å². The number of esters is 1. The van der Waals surface area contributed by atoms with Gasteiger partial charge in [0.05, 0.1) is 12.1 Å². The van der Waals surface area contributed by atoms with Gasteiger partial charge >= 0.3 is 5.97 Å². The van der Waals surface area contributed by atoms with E-state index in [9.17, 15) is 20.1 Å². The maximum Gasteiger partial charge on any atom is 0.302 e. The number of nitrogens with one attached hydrogen (secondary N) is 1. The Balaban J connectivity index is 1.91. The van der Waals surface area contributed by atoms with Crippen molar-refractivity contribution in [3.8, 4) is 12.1 Å². The first-order valence-corrected chi connectivity index (χ1v) is 9.29. The quantitative estimate of drug-likeness (QED) is 0.596. The second kappa shape index (κ2) is 6.18. The van der Waals surface area contributed by atoms with Crippen LogP contribution in [0.2, 0.25) is 0 Å². The summed E-state index contributed by atoms with van der Waals surface area (Å²) < 4.78 is 5.09. The smallest absolute Gasteiger partial charge is 0.302 e. The Hall–Kier alpha value is -2.70. The largest absolute Gasteiger partial charge is 0.461 e. The van der Waals surface area contributed by atoms with Crippen LogP contribution in [0.25, 0.3) is 0 Å². The summed E-state index contributed by atoms with van der Waals surface area (Å²) in [7, 11) is 0. The average molecular weight is 363 g/mol. The highest BCUT2D eigenvalue weighted by Gasteiger charge is 2.51. The molecule has 0 saturated carbocycles. The Morgan fingerprint density at radius 1 is 1.33 bits per heavy atom. The van der Waals surface area contributed by atoms with Crippen LogP contribution in [0.1, 0.15) is 39.5 Å². The molecule has 0 aromatic heterocycles. The highest BCUT2D eigenvalue weighted by molar-refractivity contribution is 6.03. The van der Waals surface area contributed by atoms with Crippen LogP contribution in [0.4, 0.5) is 0 Å². The molecule has 3 atom stereocenters. The van der Waals surface area contributed by atoms with Crippen LogP contribution >= 0.6 is 0 Å². The van der Waals surface area contributed by atoms with Crippen LogP contribution < -0.4 is 5.32 Å². The summed E-state index contributed by atoms with van der Waals surface area (Å²) in [5, 5.41) is 23.6. The fraction of sp³-hybridized carbons (Fsp3) is 0.524. The van der Waals surface area contributed by atoms with E-state index >= 15 is 0 Å². The molecular weight excluding hydrogens is 342 g/mol. The van der Waals surface area contributed by atoms with Crippen molar-refractivity contribution in [2.24, 2.45) is 11.3 Å². The molecule has 2 aliphatic heterocycles. The summed E-state index contributed by atoms with van der Waals surface area (Å²) in [6, 6.07) is 4.94. The molecule has 1 fully saturated rings. The van der Waals surface area contributed by atoms with Crippen LogP contribution in [0.3, 0.4) is 0 Å². The molecule has 4 rings (SSSR count). The standard InChI is InChI=1S/C21H21N3O3/c1-11-14-6-19(26)16(8-27-12(2)25)15(14)7-21(9-22,10-23)17-5-13-3-4-18(24-13)20(11)17/h5,13,18,20,24H,3-4,6-8H2,1-2H3/t13-,18+,20?/m1/s1. The molecule has 0 amide bonds. The monoisotopic (exact) mass is 363 g/mol. The van der Waals surface area contributed by atoms with Crippen molar-refractivity contribution in [1.82, 2.24) is 5.32 Å². The molecule has 2 heterocycles. The minimum atomic E-state index is -1.29. The fourth-order valence-corrected chi connectivity index (χ4v) is 5.12. The molecule has 0 aromatic carbocycles. The highest BCUT2D eigenvalue weighted by Crippen LogP contribution is 2.53. The fourth-order valence-electron chi connectivity index (χ4n) is 5.12. The third-order valence-electron chi connectivity index (χ3n) is 6.42. The summed E-state index contributed by atoms with van der Waals surface area (Å²) in [4.78, 5) is 23.9. The number of nitrogens with zero attached hydrogens (tertiary/aromatic N) is 2. The molecule has 6 heteroatoms. The summed E-state index contributed by atoms with van der Waals surface area (Å²) in [5.74, 6) is -0.578. The third-order valence-corrected chi connectivity index (χ3v) is 6.42. The van der Waals surface area contributed by atoms with E-state index < -0.39 is 11.4 Å². The van der Waals surface area contributed by atoms with Gasteiger partial charge in [-0.1, -0.05) is 11.6 Å². The number of nitriles is 2. The van der Waals surface area contributed by atoms with E-state index in [1.54, 1.807) is 0 Å². The summed E-state index contributed by atoms with van der Waals surface area (Å²) >= 11 is 0. The molecular formula is C21H21N3O3. The van der Waals surface area contributed by atoms with Crippen molar-refractivity contribution in [3.05, 3.63) is 33.9 Å². The average Bonchev–Trinajstić information content (AvgIpc) is 3.14. The van der Waals surface area contributed by atoms with E-state index in [0.717, 1.165) is 35.1 Å². The van der Waals surface area contributed by atoms with E-state index in [4.69, 9.17) is 4.74 Å². The van der Waals surface area contributed by atoms with Gasteiger partial charge in [0.2, 0.25) is 0 Å². The number of ether oxygens (including phenoxy) is 1. The van der Waals surface area contributed by atoms with Crippen LogP contribution in [-0.2, 0) is 14.3 Å². The first kappa shape index (κ1) is 17.7. The zero-order valence-corrected chi connectivity index (χ0v) is 15.5. The lowest BCUT2D eigenvalue weighted by atomic mass is 9.69. The minimum absolute atomic E-state index is 0.0450. The van der Waals surface area contributed by atoms with Crippen molar-refractivity contribution in [1.29, 1.82) is 10.5 Å². The van der Waals surface area contributed by atoms with Gasteiger partial charge in [-0.3, -0.25) is 9.59 Å². The maximum atomic E-state index is 12.6. The Labute approximate surface area is 158 Å². The molecule has 0 spiro atoms. The molecule has 1 unspecified atom stereocenters. The van der Waals surface area contributed by atoms with Crippen molar-refractivity contribution in [2.75, 3.05) is 6.61 Å². The van der Waals surface area contributed by atoms with Crippen molar-refractivity contribution < 1.29 is 14.3 Å². The van der Waals surface area contributed by atoms with Gasteiger partial charge in [-0.2, -0.15) is 10.5 Å². The number of carbonyl (C=O) groups is 2. The van der Waals surface area contributed by atoms with Crippen LogP contribution in [0.15, 0.2) is 33.9 Å². The second-order valence-corrected chi connectivity index (χ2v) is 7.86. The van der Waals surface area contributed by atoms with E-state index in [1.807, 2.05) is 6.92 Å². The Bertz CT molecular complexity index is 911. The normalized spacial score (nSPS) is 30.7. The van der Waals surface area contributed by atoms with E-state index in [0.29, 0.717) is 5.57 Å². The molecule has 0 aromatic rings. The predicted octanol–water partition coefficient (Wildman–Crippen LogP) is 2.25. The number of ketones is 1. The molecule has 1 N–H and O–H groups in total. The van der Waals surface area contributed by atoms with Crippen molar-refractivity contribution >= 4 is 11.8 Å². The molecule has 4 aliphatic rings.